The van der Waals surface area contributed by atoms with Crippen LogP contribution < -0.4 is 0 Å². The van der Waals surface area contributed by atoms with Crippen LogP contribution in [0, 0.1) is 15.0 Å². The van der Waals surface area contributed by atoms with E-state index in [1.165, 1.54) is 0 Å². The van der Waals surface area contributed by atoms with Crippen LogP contribution in [0.1, 0.15) is 28.0 Å². The first-order chi connectivity index (χ1) is 6.97. The topological polar surface area (TPSA) is 53.8 Å². The Morgan fingerprint density at radius 2 is 2.27 bits per heavy atom. The fourth-order valence-corrected chi connectivity index (χ4v) is 1.70. The molecule has 0 N–H and O–H groups in total. The molecule has 0 unspecified atom stereocenters. The average molecular weight is 342 g/mol. The molecule has 1 aromatic heterocycles. The molecular formula is C8H2ClF2IN2O. The molecule has 0 aliphatic carbocycles. The van der Waals surface area contributed by atoms with Crippen LogP contribution in [-0.2, 0) is 0 Å². The van der Waals surface area contributed by atoms with E-state index in [4.69, 9.17) is 16.9 Å². The molecule has 0 aliphatic rings. The molecule has 78 valence electrons. The number of rotatable bonds is 2. The van der Waals surface area contributed by atoms with Crippen LogP contribution in [0.3, 0.4) is 0 Å². The van der Waals surface area contributed by atoms with Crippen LogP contribution in [-0.4, -0.2) is 10.2 Å². The number of pyridine rings is 1. The molecular weight excluding hydrogens is 340 g/mol. The number of carbonyl (C=O) groups is 1. The predicted molar refractivity (Wildman–Crippen MR) is 56.8 cm³/mol. The van der Waals surface area contributed by atoms with Crippen LogP contribution in [0.25, 0.3) is 0 Å². The van der Waals surface area contributed by atoms with Gasteiger partial charge in [-0.25, -0.2) is 13.8 Å². The van der Waals surface area contributed by atoms with Gasteiger partial charge in [-0.05, 0) is 40.3 Å². The van der Waals surface area contributed by atoms with Gasteiger partial charge in [0.25, 0.3) is 11.7 Å². The minimum absolute atomic E-state index is 0.0388. The van der Waals surface area contributed by atoms with Gasteiger partial charge in [-0.15, -0.1) is 0 Å². The minimum atomic E-state index is -2.84. The first-order valence-electron chi connectivity index (χ1n) is 3.56. The van der Waals surface area contributed by atoms with Crippen molar-refractivity contribution in [2.45, 2.75) is 6.43 Å². The van der Waals surface area contributed by atoms with Gasteiger partial charge in [0.1, 0.15) is 15.5 Å². The van der Waals surface area contributed by atoms with E-state index in [9.17, 15) is 13.6 Å². The van der Waals surface area contributed by atoms with E-state index in [-0.39, 0.29) is 15.0 Å². The zero-order valence-electron chi connectivity index (χ0n) is 6.97. The third kappa shape index (κ3) is 2.60. The van der Waals surface area contributed by atoms with E-state index in [0.717, 1.165) is 6.07 Å². The molecule has 0 saturated carbocycles. The van der Waals surface area contributed by atoms with Gasteiger partial charge < -0.3 is 0 Å². The Morgan fingerprint density at radius 3 is 2.67 bits per heavy atom. The van der Waals surface area contributed by atoms with Gasteiger partial charge in [-0.1, -0.05) is 0 Å². The summed E-state index contributed by atoms with van der Waals surface area (Å²) in [6.07, 6.45) is -2.84. The summed E-state index contributed by atoms with van der Waals surface area (Å²) in [5.41, 5.74) is -1.04. The maximum Gasteiger partial charge on any atom is 0.270 e. The highest BCUT2D eigenvalue weighted by atomic mass is 127. The van der Waals surface area contributed by atoms with Crippen molar-refractivity contribution in [2.75, 3.05) is 0 Å². The second-order valence-electron chi connectivity index (χ2n) is 2.45. The number of alkyl halides is 2. The van der Waals surface area contributed by atoms with Gasteiger partial charge in [0.2, 0.25) is 0 Å². The lowest BCUT2D eigenvalue weighted by atomic mass is 10.1. The smallest absolute Gasteiger partial charge is 0.270 e. The van der Waals surface area contributed by atoms with E-state index in [1.807, 2.05) is 0 Å². The number of carbonyl (C=O) groups excluding carboxylic acids is 1. The number of halogens is 4. The summed E-state index contributed by atoms with van der Waals surface area (Å²) in [6, 6.07) is 2.44. The van der Waals surface area contributed by atoms with E-state index >= 15 is 0 Å². The van der Waals surface area contributed by atoms with Gasteiger partial charge in [0.15, 0.2) is 0 Å². The van der Waals surface area contributed by atoms with Gasteiger partial charge in [-0.3, -0.25) is 4.79 Å². The van der Waals surface area contributed by atoms with Crippen molar-refractivity contribution in [1.29, 1.82) is 5.26 Å². The van der Waals surface area contributed by atoms with Crippen LogP contribution in [0.4, 0.5) is 8.78 Å². The number of aromatic nitrogens is 1. The maximum absolute atomic E-state index is 12.5. The summed E-state index contributed by atoms with van der Waals surface area (Å²) < 4.78 is 25.0. The largest absolute Gasteiger partial charge is 0.274 e. The molecule has 0 aromatic carbocycles. The van der Waals surface area contributed by atoms with E-state index in [1.54, 1.807) is 28.7 Å². The summed E-state index contributed by atoms with van der Waals surface area (Å²) in [6.45, 7) is 0. The van der Waals surface area contributed by atoms with Gasteiger partial charge in [0.05, 0.1) is 5.56 Å². The molecule has 0 spiro atoms. The van der Waals surface area contributed by atoms with Crippen molar-refractivity contribution >= 4 is 39.4 Å². The molecule has 0 radical (unpaired) electrons. The first-order valence-corrected chi connectivity index (χ1v) is 5.01. The second kappa shape index (κ2) is 4.81. The molecule has 1 rings (SSSR count). The van der Waals surface area contributed by atoms with Crippen molar-refractivity contribution in [3.05, 3.63) is 26.6 Å². The average Bonchev–Trinajstić information content (AvgIpc) is 2.16. The highest BCUT2D eigenvalue weighted by Gasteiger charge is 2.19. The quantitative estimate of drug-likeness (QED) is 0.472. The molecule has 0 amide bonds. The van der Waals surface area contributed by atoms with Crippen LogP contribution in [0.5, 0.6) is 0 Å². The molecule has 1 aromatic rings. The lowest BCUT2D eigenvalue weighted by Crippen LogP contribution is -2.03. The van der Waals surface area contributed by atoms with Gasteiger partial charge in [0, 0.05) is 5.56 Å². The number of nitrogens with zero attached hydrogens (tertiary/aromatic N) is 2. The molecule has 7 heteroatoms. The summed E-state index contributed by atoms with van der Waals surface area (Å²) in [7, 11) is 0. The van der Waals surface area contributed by atoms with Crippen molar-refractivity contribution in [1.82, 2.24) is 4.98 Å². The van der Waals surface area contributed by atoms with E-state index in [0.29, 0.717) is 0 Å². The Kier molecular flexibility index (Phi) is 3.93. The number of nitriles is 1. The molecule has 3 nitrogen and oxygen atoms in total. The Bertz CT molecular complexity index is 459. The molecule has 0 fully saturated rings. The highest BCUT2D eigenvalue weighted by Crippen LogP contribution is 2.26. The SMILES string of the molecule is N#Cc1c(C(F)F)cc(C(=O)Cl)nc1I. The fraction of sp³-hybridized carbons (Fsp3) is 0.125. The Labute approximate surface area is 102 Å². The molecule has 0 bridgehead atoms. The van der Waals surface area contributed by atoms with E-state index in [2.05, 4.69) is 4.98 Å². The van der Waals surface area contributed by atoms with Crippen LogP contribution in [0.2, 0.25) is 0 Å². The zero-order chi connectivity index (χ0) is 11.6. The number of hydrogen-bond acceptors (Lipinski definition) is 3. The summed E-state index contributed by atoms with van der Waals surface area (Å²) in [5.74, 6) is 0. The van der Waals surface area contributed by atoms with Gasteiger partial charge in [-0.2, -0.15) is 5.26 Å². The first kappa shape index (κ1) is 12.3. The Hall–Kier alpha value is -0.810. The summed E-state index contributed by atoms with van der Waals surface area (Å²) in [5, 5.41) is 7.70. The van der Waals surface area contributed by atoms with E-state index < -0.39 is 17.2 Å². The third-order valence-electron chi connectivity index (χ3n) is 1.55. The summed E-state index contributed by atoms with van der Waals surface area (Å²) in [4.78, 5) is 14.4. The third-order valence-corrected chi connectivity index (χ3v) is 2.53. The highest BCUT2D eigenvalue weighted by molar-refractivity contribution is 14.1. The molecule has 15 heavy (non-hydrogen) atoms. The predicted octanol–water partition coefficient (Wildman–Crippen LogP) is 2.87. The number of hydrogen-bond donors (Lipinski definition) is 0. The van der Waals surface area contributed by atoms with Crippen LogP contribution in [0.15, 0.2) is 6.07 Å². The molecule has 0 saturated heterocycles. The standard InChI is InChI=1S/C8H2ClF2IN2O/c9-6(15)5-1-3(7(10)11)4(2-13)8(12)14-5/h1,7H. The molecule has 1 heterocycles. The summed E-state index contributed by atoms with van der Waals surface area (Å²) >= 11 is 6.72. The Balaban J connectivity index is 3.47. The zero-order valence-corrected chi connectivity index (χ0v) is 9.88. The van der Waals surface area contributed by atoms with Crippen molar-refractivity contribution in [3.63, 3.8) is 0 Å². The normalized spacial score (nSPS) is 10.1. The van der Waals surface area contributed by atoms with Crippen LogP contribution >= 0.6 is 34.2 Å². The molecule has 0 atom stereocenters. The van der Waals surface area contributed by atoms with Crippen molar-refractivity contribution in [3.8, 4) is 6.07 Å². The lowest BCUT2D eigenvalue weighted by molar-refractivity contribution is 0.107. The second-order valence-corrected chi connectivity index (χ2v) is 3.81. The molecule has 0 aliphatic heterocycles. The monoisotopic (exact) mass is 342 g/mol. The lowest BCUT2D eigenvalue weighted by Gasteiger charge is -2.05. The van der Waals surface area contributed by atoms with Crippen molar-refractivity contribution < 1.29 is 13.6 Å². The van der Waals surface area contributed by atoms with Crippen molar-refractivity contribution in [2.24, 2.45) is 0 Å². The maximum atomic E-state index is 12.5. The fourth-order valence-electron chi connectivity index (χ4n) is 0.916. The van der Waals surface area contributed by atoms with Gasteiger partial charge >= 0.3 is 0 Å². The Morgan fingerprint density at radius 1 is 1.67 bits per heavy atom. The minimum Gasteiger partial charge on any atom is -0.274 e.